The molecule has 0 fully saturated rings. The van der Waals surface area contributed by atoms with Crippen molar-refractivity contribution in [3.63, 3.8) is 0 Å². The number of hydrogen-bond acceptors (Lipinski definition) is 2. The molecule has 2 aromatic rings. The van der Waals surface area contributed by atoms with E-state index in [9.17, 15) is 4.79 Å². The summed E-state index contributed by atoms with van der Waals surface area (Å²) in [7, 11) is 0. The zero-order chi connectivity index (χ0) is 11.8. The van der Waals surface area contributed by atoms with Crippen molar-refractivity contribution in [1.29, 1.82) is 0 Å². The molecule has 1 aliphatic carbocycles. The Balaban J connectivity index is 1.91. The van der Waals surface area contributed by atoms with Gasteiger partial charge < -0.3 is 0 Å². The van der Waals surface area contributed by atoms with Crippen molar-refractivity contribution >= 4 is 11.8 Å². The number of carbonyl (C=O) groups excluding carboxylic acids is 1. The Morgan fingerprint density at radius 2 is 1.82 bits per heavy atom. The highest BCUT2D eigenvalue weighted by Gasteiger charge is 2.33. The van der Waals surface area contributed by atoms with E-state index in [1.54, 1.807) is 6.08 Å². The molecule has 1 unspecified atom stereocenters. The summed E-state index contributed by atoms with van der Waals surface area (Å²) < 4.78 is 0. The van der Waals surface area contributed by atoms with E-state index in [1.807, 2.05) is 24.3 Å². The van der Waals surface area contributed by atoms with Crippen molar-refractivity contribution in [1.82, 2.24) is 0 Å². The summed E-state index contributed by atoms with van der Waals surface area (Å²) in [6, 6.07) is 14.3. The monoisotopic (exact) mass is 221 g/mol. The largest absolute Gasteiger partial charge is 0.240 e. The summed E-state index contributed by atoms with van der Waals surface area (Å²) in [5.74, 6) is 0.443. The smallest absolute Gasteiger partial charge is 0.211 e. The molecule has 0 aromatic heterocycles. The van der Waals surface area contributed by atoms with E-state index in [4.69, 9.17) is 0 Å². The van der Waals surface area contributed by atoms with Gasteiger partial charge in [-0.15, -0.1) is 0 Å². The molecule has 2 heteroatoms. The van der Waals surface area contributed by atoms with Gasteiger partial charge in [-0.3, -0.25) is 0 Å². The first kappa shape index (κ1) is 10.0. The maximum atomic E-state index is 10.1. The van der Waals surface area contributed by atoms with Crippen LogP contribution in [0.1, 0.15) is 28.2 Å². The summed E-state index contributed by atoms with van der Waals surface area (Å²) >= 11 is 0. The molecular formula is C15H11NO. The molecule has 2 aromatic carbocycles. The second-order valence-electron chi connectivity index (χ2n) is 4.36. The molecule has 0 aliphatic heterocycles. The van der Waals surface area contributed by atoms with E-state index < -0.39 is 0 Å². The molecule has 0 bridgehead atoms. The fraction of sp³-hybridized carbons (Fsp3) is 0.133. The van der Waals surface area contributed by atoms with Crippen LogP contribution in [0.2, 0.25) is 0 Å². The van der Waals surface area contributed by atoms with Crippen LogP contribution in [0.25, 0.3) is 0 Å². The zero-order valence-electron chi connectivity index (χ0n) is 9.47. The number of aliphatic imine (C=N–C) groups is 1. The third-order valence-electron chi connectivity index (χ3n) is 3.18. The minimum atomic E-state index is 0.443. The first-order valence-electron chi connectivity index (χ1n) is 5.58. The Labute approximate surface area is 99.6 Å². The molecule has 0 heterocycles. The van der Waals surface area contributed by atoms with Gasteiger partial charge in [-0.2, -0.15) is 4.99 Å². The molecule has 0 amide bonds. The number of hydrogen-bond donors (Lipinski definition) is 0. The zero-order valence-corrected chi connectivity index (χ0v) is 9.47. The van der Waals surface area contributed by atoms with Crippen molar-refractivity contribution in [2.75, 3.05) is 0 Å². The van der Waals surface area contributed by atoms with Crippen LogP contribution in [0.5, 0.6) is 0 Å². The van der Waals surface area contributed by atoms with Crippen LogP contribution in [-0.2, 0) is 4.79 Å². The van der Waals surface area contributed by atoms with E-state index >= 15 is 0 Å². The number of fused-ring (bicyclic) bond motifs is 1. The van der Waals surface area contributed by atoms with Gasteiger partial charge in [-0.05, 0) is 35.7 Å². The van der Waals surface area contributed by atoms with Crippen molar-refractivity contribution in [3.05, 3.63) is 64.7 Å². The number of benzene rings is 2. The summed E-state index contributed by atoms with van der Waals surface area (Å²) in [6.45, 7) is 2.11. The first-order valence-corrected chi connectivity index (χ1v) is 5.58. The van der Waals surface area contributed by atoms with Crippen LogP contribution in [0, 0.1) is 6.92 Å². The molecule has 2 nitrogen and oxygen atoms in total. The predicted octanol–water partition coefficient (Wildman–Crippen LogP) is 3.46. The number of aryl methyl sites for hydroxylation is 1. The van der Waals surface area contributed by atoms with E-state index in [2.05, 4.69) is 30.1 Å². The highest BCUT2D eigenvalue weighted by atomic mass is 16.1. The molecule has 0 saturated carbocycles. The lowest BCUT2D eigenvalue weighted by atomic mass is 10.1. The van der Waals surface area contributed by atoms with Crippen molar-refractivity contribution in [2.45, 2.75) is 12.8 Å². The van der Waals surface area contributed by atoms with Gasteiger partial charge in [-0.25, -0.2) is 4.79 Å². The second-order valence-corrected chi connectivity index (χ2v) is 4.36. The molecule has 0 N–H and O–H groups in total. The van der Waals surface area contributed by atoms with Crippen molar-refractivity contribution < 1.29 is 4.79 Å². The summed E-state index contributed by atoms with van der Waals surface area (Å²) in [5, 5.41) is 0. The molecule has 82 valence electrons. The fourth-order valence-electron chi connectivity index (χ4n) is 2.28. The average molecular weight is 221 g/mol. The highest BCUT2D eigenvalue weighted by Crippen LogP contribution is 2.48. The molecule has 3 rings (SSSR count). The maximum absolute atomic E-state index is 10.1. The quantitative estimate of drug-likeness (QED) is 0.481. The highest BCUT2D eigenvalue weighted by molar-refractivity contribution is 5.62. The summed E-state index contributed by atoms with van der Waals surface area (Å²) in [4.78, 5) is 13.7. The molecular weight excluding hydrogens is 210 g/mol. The molecule has 1 atom stereocenters. The van der Waals surface area contributed by atoms with E-state index in [0.29, 0.717) is 11.6 Å². The number of isocyanates is 1. The molecule has 1 aliphatic rings. The van der Waals surface area contributed by atoms with Gasteiger partial charge in [0.05, 0.1) is 5.69 Å². The van der Waals surface area contributed by atoms with Crippen LogP contribution in [0.3, 0.4) is 0 Å². The third-order valence-corrected chi connectivity index (χ3v) is 3.18. The lowest BCUT2D eigenvalue weighted by Gasteiger charge is -1.97. The minimum Gasteiger partial charge on any atom is -0.211 e. The van der Waals surface area contributed by atoms with Crippen molar-refractivity contribution in [2.24, 2.45) is 4.99 Å². The Bertz CT molecular complexity index is 622. The van der Waals surface area contributed by atoms with Gasteiger partial charge in [0.1, 0.15) is 0 Å². The van der Waals surface area contributed by atoms with Crippen LogP contribution < -0.4 is 0 Å². The number of nitrogens with zero attached hydrogens (tertiary/aromatic N) is 1. The van der Waals surface area contributed by atoms with E-state index in [1.165, 1.54) is 22.3 Å². The minimum absolute atomic E-state index is 0.443. The summed E-state index contributed by atoms with van der Waals surface area (Å²) in [5.41, 5.74) is 6.03. The second kappa shape index (κ2) is 3.69. The Kier molecular flexibility index (Phi) is 2.17. The topological polar surface area (TPSA) is 29.4 Å². The molecule has 0 spiro atoms. The lowest BCUT2D eigenvalue weighted by molar-refractivity contribution is 0.565. The van der Waals surface area contributed by atoms with Gasteiger partial charge in [0.25, 0.3) is 0 Å². The summed E-state index contributed by atoms with van der Waals surface area (Å²) in [6.07, 6.45) is 1.55. The molecule has 0 radical (unpaired) electrons. The average Bonchev–Trinajstić information content (AvgIpc) is 3.03. The van der Waals surface area contributed by atoms with Crippen LogP contribution in [-0.4, -0.2) is 6.08 Å². The maximum Gasteiger partial charge on any atom is 0.240 e. The number of rotatable bonds is 2. The van der Waals surface area contributed by atoms with Gasteiger partial charge in [0.15, 0.2) is 0 Å². The Hall–Kier alpha value is -2.18. The third kappa shape index (κ3) is 1.69. The van der Waals surface area contributed by atoms with Gasteiger partial charge >= 0.3 is 0 Å². The normalized spacial score (nSPS) is 15.9. The van der Waals surface area contributed by atoms with Crippen LogP contribution in [0.4, 0.5) is 5.69 Å². The van der Waals surface area contributed by atoms with Crippen LogP contribution in [0.15, 0.2) is 47.5 Å². The fourth-order valence-corrected chi connectivity index (χ4v) is 2.28. The molecule has 17 heavy (non-hydrogen) atoms. The Morgan fingerprint density at radius 3 is 2.47 bits per heavy atom. The standard InChI is InChI=1S/C15H11NO/c1-10-2-7-13-14(8-10)15(13)11-3-5-12(6-4-11)16-9-17/h2-8,15H,1H3. The van der Waals surface area contributed by atoms with Gasteiger partial charge in [0.2, 0.25) is 6.08 Å². The van der Waals surface area contributed by atoms with Gasteiger partial charge in [0, 0.05) is 5.92 Å². The SMILES string of the molecule is Cc1ccc2c(c1)C2c1ccc(N=C=O)cc1. The van der Waals surface area contributed by atoms with E-state index in [-0.39, 0.29) is 0 Å². The predicted molar refractivity (Wildman–Crippen MR) is 66.3 cm³/mol. The first-order chi connectivity index (χ1) is 8.29. The van der Waals surface area contributed by atoms with Crippen molar-refractivity contribution in [3.8, 4) is 0 Å². The lowest BCUT2D eigenvalue weighted by Crippen LogP contribution is -1.79. The Morgan fingerprint density at radius 1 is 1.06 bits per heavy atom. The van der Waals surface area contributed by atoms with Gasteiger partial charge in [-0.1, -0.05) is 35.9 Å². The van der Waals surface area contributed by atoms with E-state index in [0.717, 1.165) is 0 Å². The van der Waals surface area contributed by atoms with Crippen LogP contribution >= 0.6 is 0 Å². The molecule has 0 saturated heterocycles.